The average Bonchev–Trinajstić information content (AvgIpc) is 2.26. The van der Waals surface area contributed by atoms with Crippen molar-refractivity contribution in [3.8, 4) is 0 Å². The van der Waals surface area contributed by atoms with Crippen molar-refractivity contribution in [3.05, 3.63) is 28.7 Å². The van der Waals surface area contributed by atoms with Crippen LogP contribution >= 0.6 is 0 Å². The largest absolute Gasteiger partial charge is 0.423 e. The minimum atomic E-state index is -4.83. The summed E-state index contributed by atoms with van der Waals surface area (Å²) in [6.07, 6.45) is -4.83. The van der Waals surface area contributed by atoms with E-state index in [2.05, 4.69) is 5.32 Å². The van der Waals surface area contributed by atoms with E-state index in [1.807, 2.05) is 0 Å². The summed E-state index contributed by atoms with van der Waals surface area (Å²) in [4.78, 5) is 21.5. The summed E-state index contributed by atoms with van der Waals surface area (Å²) in [6.45, 7) is 4.82. The van der Waals surface area contributed by atoms with Gasteiger partial charge in [-0.25, -0.2) is 5.21 Å². The highest BCUT2D eigenvalue weighted by Crippen LogP contribution is 2.37. The van der Waals surface area contributed by atoms with Crippen molar-refractivity contribution >= 4 is 17.3 Å². The van der Waals surface area contributed by atoms with Gasteiger partial charge in [0, 0.05) is 17.2 Å². The zero-order chi connectivity index (χ0) is 15.7. The highest BCUT2D eigenvalue weighted by atomic mass is 19.4. The fraction of sp³-hybridized carbons (Fsp3) is 0.417. The van der Waals surface area contributed by atoms with Crippen LogP contribution in [0.2, 0.25) is 0 Å². The lowest BCUT2D eigenvalue weighted by atomic mass is 9.95. The Morgan fingerprint density at radius 3 is 2.20 bits per heavy atom. The van der Waals surface area contributed by atoms with Crippen molar-refractivity contribution in [1.29, 1.82) is 0 Å². The molecule has 5 nitrogen and oxygen atoms in total. The van der Waals surface area contributed by atoms with Gasteiger partial charge >= 0.3 is 11.9 Å². The number of rotatable bonds is 2. The molecular weight excluding hydrogens is 277 g/mol. The van der Waals surface area contributed by atoms with Crippen LogP contribution in [0.3, 0.4) is 0 Å². The third-order valence-corrected chi connectivity index (χ3v) is 2.45. The lowest BCUT2D eigenvalue weighted by Gasteiger charge is -2.18. The molecule has 0 heterocycles. The van der Waals surface area contributed by atoms with Gasteiger partial charge in [-0.3, -0.25) is 4.79 Å². The Labute approximate surface area is 112 Å². The molecule has 0 aliphatic carbocycles. The molecular formula is C12H14F3N2O3+. The third kappa shape index (κ3) is 3.69. The standard InChI is InChI=1S/C12H13F3N2O3/c1-11(2,3)10(18)16-7-4-5-9(17(19)20)8(6-7)12(13,14)15/h4-6H,1-3H3,(H-,16,18,19,20)/p+1. The molecule has 0 aromatic heterocycles. The first-order chi connectivity index (χ1) is 8.93. The number of carbonyl (C=O) groups excluding carboxylic acids is 1. The van der Waals surface area contributed by atoms with Crippen LogP contribution in [-0.2, 0) is 11.0 Å². The number of amides is 1. The highest BCUT2D eigenvalue weighted by Gasteiger charge is 2.40. The molecule has 0 aliphatic rings. The predicted octanol–water partition coefficient (Wildman–Crippen LogP) is 3.49. The number of anilines is 1. The number of nitrogens with zero attached hydrogens (tertiary/aromatic N) is 1. The number of halogens is 3. The van der Waals surface area contributed by atoms with E-state index in [0.717, 1.165) is 12.1 Å². The molecule has 0 radical (unpaired) electrons. The van der Waals surface area contributed by atoms with Gasteiger partial charge in [0.25, 0.3) is 4.92 Å². The van der Waals surface area contributed by atoms with Crippen molar-refractivity contribution < 1.29 is 28.1 Å². The highest BCUT2D eigenvalue weighted by molar-refractivity contribution is 5.94. The molecule has 0 fully saturated rings. The first-order valence-corrected chi connectivity index (χ1v) is 5.62. The van der Waals surface area contributed by atoms with Crippen molar-refractivity contribution in [2.75, 3.05) is 5.32 Å². The molecule has 8 heteroatoms. The Morgan fingerprint density at radius 1 is 1.25 bits per heavy atom. The summed E-state index contributed by atoms with van der Waals surface area (Å²) >= 11 is 0. The Kier molecular flexibility index (Phi) is 4.07. The van der Waals surface area contributed by atoms with Gasteiger partial charge in [-0.2, -0.15) is 13.2 Å². The monoisotopic (exact) mass is 291 g/mol. The molecule has 0 spiro atoms. The van der Waals surface area contributed by atoms with Crippen molar-refractivity contribution in [1.82, 2.24) is 0 Å². The van der Waals surface area contributed by atoms with E-state index in [9.17, 15) is 22.9 Å². The smallest absolute Gasteiger partial charge is 0.326 e. The summed E-state index contributed by atoms with van der Waals surface area (Å²) in [7, 11) is 0. The second kappa shape index (κ2) is 5.10. The second-order valence-corrected chi connectivity index (χ2v) is 5.21. The summed E-state index contributed by atoms with van der Waals surface area (Å²) in [6, 6.07) is 2.49. The van der Waals surface area contributed by atoms with E-state index < -0.39 is 33.7 Å². The average molecular weight is 291 g/mol. The fourth-order valence-corrected chi connectivity index (χ4v) is 1.33. The number of alkyl halides is 3. The van der Waals surface area contributed by atoms with Gasteiger partial charge in [0.2, 0.25) is 5.91 Å². The zero-order valence-corrected chi connectivity index (χ0v) is 11.1. The van der Waals surface area contributed by atoms with E-state index in [1.54, 1.807) is 20.8 Å². The maximum atomic E-state index is 12.8. The van der Waals surface area contributed by atoms with Crippen LogP contribution in [0.25, 0.3) is 0 Å². The quantitative estimate of drug-likeness (QED) is 0.819. The Morgan fingerprint density at radius 2 is 1.80 bits per heavy atom. The van der Waals surface area contributed by atoms with Crippen molar-refractivity contribution in [2.24, 2.45) is 5.41 Å². The summed E-state index contributed by atoms with van der Waals surface area (Å²) < 4.78 is 38.3. The number of carbonyl (C=O) groups is 1. The first-order valence-electron chi connectivity index (χ1n) is 5.62. The molecule has 20 heavy (non-hydrogen) atoms. The minimum Gasteiger partial charge on any atom is -0.326 e. The lowest BCUT2D eigenvalue weighted by Crippen LogP contribution is -2.27. The molecule has 0 atom stereocenters. The van der Waals surface area contributed by atoms with Crippen molar-refractivity contribution in [3.63, 3.8) is 0 Å². The number of hydrogen-bond acceptors (Lipinski definition) is 2. The van der Waals surface area contributed by atoms with Crippen LogP contribution < -0.4 is 5.32 Å². The van der Waals surface area contributed by atoms with Gasteiger partial charge in [0.1, 0.15) is 5.56 Å². The van der Waals surface area contributed by atoms with Crippen LogP contribution in [0.5, 0.6) is 0 Å². The molecule has 1 aromatic carbocycles. The molecule has 0 unspecified atom stereocenters. The van der Waals surface area contributed by atoms with Gasteiger partial charge < -0.3 is 5.32 Å². The molecule has 0 aliphatic heterocycles. The SMILES string of the molecule is CC(C)(C)C(=O)Nc1ccc([N+](=O)O)c(C(F)(F)F)c1. The Balaban J connectivity index is 3.21. The molecule has 2 N–H and O–H groups in total. The van der Waals surface area contributed by atoms with Gasteiger partial charge in [-0.1, -0.05) is 20.8 Å². The van der Waals surface area contributed by atoms with Crippen LogP contribution in [0, 0.1) is 10.3 Å². The van der Waals surface area contributed by atoms with Crippen LogP contribution in [0.1, 0.15) is 26.3 Å². The number of benzene rings is 1. The van der Waals surface area contributed by atoms with Crippen LogP contribution in [-0.4, -0.2) is 16.0 Å². The lowest BCUT2D eigenvalue weighted by molar-refractivity contribution is -0.730. The Bertz CT molecular complexity index is 548. The zero-order valence-electron chi connectivity index (χ0n) is 11.1. The molecule has 0 bridgehead atoms. The van der Waals surface area contributed by atoms with Gasteiger partial charge in [0.05, 0.1) is 4.91 Å². The second-order valence-electron chi connectivity index (χ2n) is 5.21. The van der Waals surface area contributed by atoms with E-state index in [1.165, 1.54) is 0 Å². The Hall–Kier alpha value is -2.12. The molecule has 1 rings (SSSR count). The maximum Gasteiger partial charge on any atom is 0.423 e. The van der Waals surface area contributed by atoms with E-state index in [-0.39, 0.29) is 5.69 Å². The summed E-state index contributed by atoms with van der Waals surface area (Å²) in [5.41, 5.74) is -3.16. The third-order valence-electron chi connectivity index (χ3n) is 2.45. The molecule has 1 aromatic rings. The fourth-order valence-electron chi connectivity index (χ4n) is 1.33. The van der Waals surface area contributed by atoms with Gasteiger partial charge in [-0.05, 0) is 12.1 Å². The van der Waals surface area contributed by atoms with Gasteiger partial charge in [-0.15, -0.1) is 0 Å². The van der Waals surface area contributed by atoms with Crippen LogP contribution in [0.4, 0.5) is 24.5 Å². The van der Waals surface area contributed by atoms with Crippen LogP contribution in [0.15, 0.2) is 18.2 Å². The number of nitrogens with one attached hydrogen (secondary N) is 1. The first kappa shape index (κ1) is 15.9. The van der Waals surface area contributed by atoms with E-state index in [0.29, 0.717) is 6.07 Å². The summed E-state index contributed by atoms with van der Waals surface area (Å²) in [5.74, 6) is -0.471. The van der Waals surface area contributed by atoms with Gasteiger partial charge in [0.15, 0.2) is 0 Å². The molecule has 110 valence electrons. The number of hydrogen-bond donors (Lipinski definition) is 2. The topological polar surface area (TPSA) is 69.4 Å². The molecule has 0 saturated carbocycles. The normalized spacial score (nSPS) is 12.1. The predicted molar refractivity (Wildman–Crippen MR) is 64.6 cm³/mol. The van der Waals surface area contributed by atoms with E-state index in [4.69, 9.17) is 5.21 Å². The summed E-state index contributed by atoms with van der Waals surface area (Å²) in [5, 5.41) is 11.0. The molecule has 1 amide bonds. The minimum absolute atomic E-state index is 0.108. The van der Waals surface area contributed by atoms with E-state index >= 15 is 0 Å². The van der Waals surface area contributed by atoms with Crippen molar-refractivity contribution in [2.45, 2.75) is 26.9 Å². The maximum absolute atomic E-state index is 12.8. The molecule has 0 saturated heterocycles.